The first kappa shape index (κ1) is 87.6. The van der Waals surface area contributed by atoms with Crippen LogP contribution in [0.2, 0.25) is 0 Å². The van der Waals surface area contributed by atoms with Gasteiger partial charge in [-0.2, -0.15) is 0 Å². The number of rotatable bonds is 0. The predicted molar refractivity (Wildman–Crippen MR) is 13.6 cm³/mol. The minimum Gasteiger partial charge on any atom is -2.00 e. The minimum absolute atomic E-state index is 0. The first-order chi connectivity index (χ1) is 0. The van der Waals surface area contributed by atoms with Crippen LogP contribution in [0.5, 0.6) is 0 Å². The van der Waals surface area contributed by atoms with Crippen LogP contribution in [-0.2, 0) is 33.8 Å². The molecule has 0 aliphatic carbocycles. The van der Waals surface area contributed by atoms with Crippen molar-refractivity contribution in [3.05, 3.63) is 0 Å². The largest absolute Gasteiger partial charge is 3.00 e. The quantitative estimate of drug-likeness (QED) is 0.409. The molecule has 0 aliphatic heterocycles. The predicted octanol–water partition coefficient (Wildman–Crippen LogP) is -1.12. The average Bonchev–Trinajstić information content (AvgIpc) is 0. The maximum Gasteiger partial charge on any atom is 3.00 e. The number of hydrogen-bond donors (Lipinski definition) is 0. The van der Waals surface area contributed by atoms with Gasteiger partial charge in [0.1, 0.15) is 0 Å². The Morgan fingerprint density at radius 1 is 0.667 bits per heavy atom. The van der Waals surface area contributed by atoms with Gasteiger partial charge in [0.15, 0.2) is 0 Å². The third-order valence-corrected chi connectivity index (χ3v) is 0. The molecule has 0 heterocycles. The van der Waals surface area contributed by atoms with Crippen LogP contribution in [0, 0.1) is 0 Å². The molecule has 0 saturated carbocycles. The molecule has 0 amide bonds. The summed E-state index contributed by atoms with van der Waals surface area (Å²) in [6.45, 7) is 0. The van der Waals surface area contributed by atoms with E-state index in [1.807, 2.05) is 0 Å². The van der Waals surface area contributed by atoms with Crippen molar-refractivity contribution in [3.63, 3.8) is 0 Å². The molecule has 0 aliphatic rings. The third kappa shape index (κ3) is 34.6. The Morgan fingerprint density at radius 2 is 0.667 bits per heavy atom. The second-order valence-electron chi connectivity index (χ2n) is 0. The molecule has 0 aromatic carbocycles. The van der Waals surface area contributed by atoms with Crippen molar-refractivity contribution in [2.24, 2.45) is 0 Å². The molecule has 0 unspecified atom stereocenters. The van der Waals surface area contributed by atoms with E-state index >= 15 is 0 Å². The molecule has 0 atom stereocenters. The molecule has 0 aromatic heterocycles. The third-order valence-electron chi connectivity index (χ3n) is 0. The monoisotopic (exact) mass is 167 g/mol. The zero-order valence-corrected chi connectivity index (χ0v) is 7.56. The Balaban J connectivity index is 0. The van der Waals surface area contributed by atoms with E-state index < -0.39 is 0 Å². The summed E-state index contributed by atoms with van der Waals surface area (Å²) in [7, 11) is 0. The summed E-state index contributed by atoms with van der Waals surface area (Å²) >= 11 is 0. The van der Waals surface area contributed by atoms with Crippen molar-refractivity contribution < 1.29 is 33.8 Å². The van der Waals surface area contributed by atoms with Gasteiger partial charge < -0.3 is 16.4 Å². The Bertz CT molecular complexity index is 10.8. The van der Waals surface area contributed by atoms with Gasteiger partial charge in [0.05, 0.1) is 0 Å². The molecule has 3 nitrogen and oxygen atoms in total. The van der Waals surface area contributed by atoms with Crippen LogP contribution < -0.4 is 0 Å². The smallest absolute Gasteiger partial charge is 2.00 e. The maximum absolute atomic E-state index is 0. The summed E-state index contributed by atoms with van der Waals surface area (Å²) in [5.74, 6) is 0. The van der Waals surface area contributed by atoms with Crippen LogP contribution in [0.15, 0.2) is 0 Å². The summed E-state index contributed by atoms with van der Waals surface area (Å²) in [4.78, 5) is 0. The molecule has 6 heavy (non-hydrogen) atoms. The SMILES string of the molecule is [Al+3].[Ca+2].[Cr+3].[O-2].[O-2].[O-2]. The van der Waals surface area contributed by atoms with E-state index in [4.69, 9.17) is 0 Å². The first-order valence-corrected chi connectivity index (χ1v) is 0. The van der Waals surface area contributed by atoms with Crippen molar-refractivity contribution in [1.29, 1.82) is 0 Å². The first-order valence-electron chi connectivity index (χ1n) is 0. The van der Waals surface area contributed by atoms with E-state index in [0.29, 0.717) is 0 Å². The number of hydrogen-bond acceptors (Lipinski definition) is 0. The van der Waals surface area contributed by atoms with E-state index in [0.717, 1.165) is 0 Å². The minimum atomic E-state index is 0. The van der Waals surface area contributed by atoms with Crippen LogP contribution in [0.3, 0.4) is 0 Å². The summed E-state index contributed by atoms with van der Waals surface area (Å²) in [6.07, 6.45) is 0. The Kier molecular flexibility index (Phi) is 833. The Labute approximate surface area is 87.7 Å². The van der Waals surface area contributed by atoms with Gasteiger partial charge in [-0.1, -0.05) is 0 Å². The van der Waals surface area contributed by atoms with E-state index in [1.54, 1.807) is 0 Å². The standard InChI is InChI=1S/Al.Ca.Cr.3O/q+3;+2;+3;3*-2. The molecular formula is AlCaCrO3+2. The molecular weight excluding hydrogens is 167 g/mol. The fourth-order valence-electron chi connectivity index (χ4n) is 0. The van der Waals surface area contributed by atoms with Gasteiger partial charge in [-0.15, -0.1) is 0 Å². The summed E-state index contributed by atoms with van der Waals surface area (Å²) in [5.41, 5.74) is 0. The summed E-state index contributed by atoms with van der Waals surface area (Å²) in [6, 6.07) is 0. The van der Waals surface area contributed by atoms with Crippen LogP contribution >= 0.6 is 0 Å². The van der Waals surface area contributed by atoms with E-state index in [2.05, 4.69) is 0 Å². The van der Waals surface area contributed by atoms with Crippen LogP contribution in [0.1, 0.15) is 0 Å². The second kappa shape index (κ2) is 57.1. The normalized spacial score (nSPS) is 0. The molecule has 0 rings (SSSR count). The van der Waals surface area contributed by atoms with Gasteiger partial charge in [0, 0.05) is 0 Å². The van der Waals surface area contributed by atoms with Crippen molar-refractivity contribution >= 4 is 55.1 Å². The van der Waals surface area contributed by atoms with Gasteiger partial charge in [-0.05, 0) is 0 Å². The molecule has 27 valence electrons. The van der Waals surface area contributed by atoms with Crippen molar-refractivity contribution in [2.75, 3.05) is 0 Å². The van der Waals surface area contributed by atoms with E-state index in [1.165, 1.54) is 0 Å². The fraction of sp³-hybridized carbons (Fsp3) is 0. The van der Waals surface area contributed by atoms with Crippen molar-refractivity contribution in [2.45, 2.75) is 0 Å². The summed E-state index contributed by atoms with van der Waals surface area (Å²) < 4.78 is 0. The average molecular weight is 167 g/mol. The van der Waals surface area contributed by atoms with Crippen molar-refractivity contribution in [1.82, 2.24) is 0 Å². The molecule has 0 N–H and O–H groups in total. The van der Waals surface area contributed by atoms with Gasteiger partial charge in [-0.25, -0.2) is 0 Å². The molecule has 1 radical (unpaired) electrons. The van der Waals surface area contributed by atoms with E-state index in [9.17, 15) is 0 Å². The fourth-order valence-corrected chi connectivity index (χ4v) is 0. The van der Waals surface area contributed by atoms with Gasteiger partial charge >= 0.3 is 72.5 Å². The molecule has 0 bridgehead atoms. The topological polar surface area (TPSA) is 85.5 Å². The van der Waals surface area contributed by atoms with Crippen LogP contribution in [0.25, 0.3) is 0 Å². The molecule has 0 aromatic rings. The zero-order valence-electron chi connectivity index (χ0n) is 2.92. The van der Waals surface area contributed by atoms with Crippen molar-refractivity contribution in [3.8, 4) is 0 Å². The van der Waals surface area contributed by atoms with Crippen LogP contribution in [0.4, 0.5) is 0 Å². The second-order valence-corrected chi connectivity index (χ2v) is 0. The Hall–Kier alpha value is 2.20. The molecule has 6 heteroatoms. The van der Waals surface area contributed by atoms with Gasteiger partial charge in [0.2, 0.25) is 0 Å². The van der Waals surface area contributed by atoms with E-state index in [-0.39, 0.29) is 88.9 Å². The Morgan fingerprint density at radius 3 is 0.667 bits per heavy atom. The van der Waals surface area contributed by atoms with Gasteiger partial charge in [0.25, 0.3) is 0 Å². The maximum atomic E-state index is 0. The molecule has 0 spiro atoms. The zero-order chi connectivity index (χ0) is 0. The van der Waals surface area contributed by atoms with Crippen LogP contribution in [-0.4, -0.2) is 55.1 Å². The van der Waals surface area contributed by atoms with Gasteiger partial charge in [-0.3, -0.25) is 0 Å². The summed E-state index contributed by atoms with van der Waals surface area (Å²) in [5, 5.41) is 0. The molecule has 0 fully saturated rings. The molecule has 0 saturated heterocycles.